The van der Waals surface area contributed by atoms with Gasteiger partial charge < -0.3 is 9.53 Å². The Labute approximate surface area is 148 Å². The van der Waals surface area contributed by atoms with Crippen molar-refractivity contribution in [3.8, 4) is 0 Å². The average Bonchev–Trinajstić information content (AvgIpc) is 2.51. The molecule has 1 aromatic heterocycles. The van der Waals surface area contributed by atoms with E-state index >= 15 is 0 Å². The lowest BCUT2D eigenvalue weighted by Crippen LogP contribution is -2.49. The van der Waals surface area contributed by atoms with E-state index < -0.39 is 8.32 Å². The highest BCUT2D eigenvalue weighted by Crippen LogP contribution is 2.37. The summed E-state index contributed by atoms with van der Waals surface area (Å²) >= 11 is 0. The molecule has 0 spiro atoms. The first-order valence-corrected chi connectivity index (χ1v) is 11.8. The standard InChI is InChI=1S/C19H34N2O2Si/c1-18(2,3)24(6,7)23-13-16-9-8-15-12-21(19(4,5)14-22)11-10-17(15)20-16/h8-9,22H,10-14H2,1-7H3. The number of aromatic nitrogens is 1. The fraction of sp³-hybridized carbons (Fsp3) is 0.737. The first kappa shape index (κ1) is 19.6. The molecule has 1 aliphatic rings. The molecule has 0 unspecified atom stereocenters. The molecule has 0 fully saturated rings. The van der Waals surface area contributed by atoms with Gasteiger partial charge in [-0.1, -0.05) is 26.8 Å². The Kier molecular flexibility index (Phi) is 5.60. The predicted octanol–water partition coefficient (Wildman–Crippen LogP) is 3.73. The number of hydrogen-bond acceptors (Lipinski definition) is 4. The van der Waals surface area contributed by atoms with E-state index in [1.165, 1.54) is 11.3 Å². The second-order valence-electron chi connectivity index (χ2n) is 9.10. The number of aliphatic hydroxyl groups excluding tert-OH is 1. The normalized spacial score (nSPS) is 17.0. The van der Waals surface area contributed by atoms with Crippen LogP contribution in [0, 0.1) is 0 Å². The molecule has 0 atom stereocenters. The zero-order chi connectivity index (χ0) is 18.2. The molecule has 0 saturated heterocycles. The SMILES string of the molecule is CC(C)(CO)N1CCc2nc(CO[Si](C)(C)C(C)(C)C)ccc2C1. The monoisotopic (exact) mass is 350 g/mol. The minimum Gasteiger partial charge on any atom is -0.411 e. The lowest BCUT2D eigenvalue weighted by Gasteiger charge is -2.40. The van der Waals surface area contributed by atoms with Crippen molar-refractivity contribution in [1.82, 2.24) is 9.88 Å². The maximum absolute atomic E-state index is 9.58. The second kappa shape index (κ2) is 6.87. The molecule has 2 heterocycles. The van der Waals surface area contributed by atoms with Gasteiger partial charge >= 0.3 is 0 Å². The third kappa shape index (κ3) is 4.25. The first-order valence-electron chi connectivity index (χ1n) is 8.94. The Morgan fingerprint density at radius 2 is 1.88 bits per heavy atom. The molecule has 4 nitrogen and oxygen atoms in total. The van der Waals surface area contributed by atoms with Crippen molar-refractivity contribution in [1.29, 1.82) is 0 Å². The summed E-state index contributed by atoms with van der Waals surface area (Å²) in [6.45, 7) is 18.1. The van der Waals surface area contributed by atoms with Gasteiger partial charge in [-0.2, -0.15) is 0 Å². The smallest absolute Gasteiger partial charge is 0.192 e. The quantitative estimate of drug-likeness (QED) is 0.822. The van der Waals surface area contributed by atoms with Crippen molar-refractivity contribution in [3.05, 3.63) is 29.1 Å². The summed E-state index contributed by atoms with van der Waals surface area (Å²) in [5.74, 6) is 0. The van der Waals surface area contributed by atoms with E-state index in [2.05, 4.69) is 64.7 Å². The number of nitrogens with zero attached hydrogens (tertiary/aromatic N) is 2. The fourth-order valence-corrected chi connectivity index (χ4v) is 3.57. The van der Waals surface area contributed by atoms with E-state index in [-0.39, 0.29) is 17.2 Å². The maximum Gasteiger partial charge on any atom is 0.192 e. The Balaban J connectivity index is 2.06. The van der Waals surface area contributed by atoms with Crippen LogP contribution in [0.2, 0.25) is 18.1 Å². The molecule has 136 valence electrons. The molecular formula is C19H34N2O2Si. The van der Waals surface area contributed by atoms with Gasteiger partial charge in [0.15, 0.2) is 8.32 Å². The van der Waals surface area contributed by atoms with Crippen LogP contribution in [0.4, 0.5) is 0 Å². The minimum absolute atomic E-state index is 0.175. The van der Waals surface area contributed by atoms with Crippen molar-refractivity contribution < 1.29 is 9.53 Å². The summed E-state index contributed by atoms with van der Waals surface area (Å²) in [6, 6.07) is 4.29. The number of pyridine rings is 1. The van der Waals surface area contributed by atoms with Gasteiger partial charge in [0.2, 0.25) is 0 Å². The highest BCUT2D eigenvalue weighted by atomic mass is 28.4. The zero-order valence-corrected chi connectivity index (χ0v) is 17.4. The van der Waals surface area contributed by atoms with Crippen molar-refractivity contribution in [2.45, 2.75) is 77.9 Å². The van der Waals surface area contributed by atoms with E-state index in [9.17, 15) is 5.11 Å². The van der Waals surface area contributed by atoms with Crippen LogP contribution < -0.4 is 0 Å². The van der Waals surface area contributed by atoms with Crippen LogP contribution in [0.1, 0.15) is 51.6 Å². The Morgan fingerprint density at radius 3 is 2.46 bits per heavy atom. The molecule has 0 aliphatic carbocycles. The summed E-state index contributed by atoms with van der Waals surface area (Å²) in [6.07, 6.45) is 0.937. The number of fused-ring (bicyclic) bond motifs is 1. The fourth-order valence-electron chi connectivity index (χ4n) is 2.63. The van der Waals surface area contributed by atoms with Gasteiger partial charge in [-0.3, -0.25) is 9.88 Å². The topological polar surface area (TPSA) is 45.6 Å². The van der Waals surface area contributed by atoms with Crippen molar-refractivity contribution >= 4 is 8.32 Å². The largest absolute Gasteiger partial charge is 0.411 e. The van der Waals surface area contributed by atoms with Crippen LogP contribution in [0.25, 0.3) is 0 Å². The summed E-state index contributed by atoms with van der Waals surface area (Å²) < 4.78 is 6.30. The van der Waals surface area contributed by atoms with Gasteiger partial charge in [-0.05, 0) is 43.6 Å². The lowest BCUT2D eigenvalue weighted by atomic mass is 9.97. The summed E-state index contributed by atoms with van der Waals surface area (Å²) in [5, 5.41) is 9.80. The second-order valence-corrected chi connectivity index (χ2v) is 13.9. The van der Waals surface area contributed by atoms with Crippen LogP contribution in [-0.4, -0.2) is 42.0 Å². The van der Waals surface area contributed by atoms with E-state index in [1.807, 2.05) is 0 Å². The van der Waals surface area contributed by atoms with E-state index in [0.29, 0.717) is 6.61 Å². The molecule has 0 saturated carbocycles. The molecule has 0 amide bonds. The van der Waals surface area contributed by atoms with Gasteiger partial charge in [0.1, 0.15) is 0 Å². The Morgan fingerprint density at radius 1 is 1.21 bits per heavy atom. The van der Waals surface area contributed by atoms with Gasteiger partial charge in [-0.25, -0.2) is 0 Å². The first-order chi connectivity index (χ1) is 11.0. The van der Waals surface area contributed by atoms with E-state index in [1.54, 1.807) is 0 Å². The van der Waals surface area contributed by atoms with Crippen LogP contribution in [0.3, 0.4) is 0 Å². The Bertz CT molecular complexity index is 579. The third-order valence-electron chi connectivity index (χ3n) is 5.74. The van der Waals surface area contributed by atoms with Crippen LogP contribution in [-0.2, 0) is 24.0 Å². The molecule has 2 rings (SSSR count). The number of hydrogen-bond donors (Lipinski definition) is 1. The molecule has 0 aromatic carbocycles. The highest BCUT2D eigenvalue weighted by Gasteiger charge is 2.37. The van der Waals surface area contributed by atoms with Crippen LogP contribution in [0.15, 0.2) is 12.1 Å². The molecule has 1 aromatic rings. The molecule has 24 heavy (non-hydrogen) atoms. The van der Waals surface area contributed by atoms with Gasteiger partial charge in [-0.15, -0.1) is 0 Å². The van der Waals surface area contributed by atoms with E-state index in [4.69, 9.17) is 9.41 Å². The average molecular weight is 351 g/mol. The van der Waals surface area contributed by atoms with E-state index in [0.717, 1.165) is 25.2 Å². The maximum atomic E-state index is 9.58. The van der Waals surface area contributed by atoms with Gasteiger partial charge in [0, 0.05) is 30.7 Å². The summed E-state index contributed by atoms with van der Waals surface area (Å²) in [4.78, 5) is 7.18. The van der Waals surface area contributed by atoms with Crippen molar-refractivity contribution in [2.24, 2.45) is 0 Å². The molecule has 1 N–H and O–H groups in total. The Hall–Kier alpha value is -0.753. The molecule has 5 heteroatoms. The van der Waals surface area contributed by atoms with Gasteiger partial charge in [0.05, 0.1) is 18.9 Å². The van der Waals surface area contributed by atoms with Crippen LogP contribution in [0.5, 0.6) is 0 Å². The lowest BCUT2D eigenvalue weighted by molar-refractivity contribution is 0.0458. The zero-order valence-electron chi connectivity index (χ0n) is 16.4. The van der Waals surface area contributed by atoms with Gasteiger partial charge in [0.25, 0.3) is 0 Å². The molecule has 0 radical (unpaired) electrons. The number of rotatable bonds is 5. The molecule has 0 bridgehead atoms. The highest BCUT2D eigenvalue weighted by molar-refractivity contribution is 6.74. The minimum atomic E-state index is -1.74. The number of aliphatic hydroxyl groups is 1. The summed E-state index contributed by atoms with van der Waals surface area (Å²) in [7, 11) is -1.74. The predicted molar refractivity (Wildman–Crippen MR) is 102 cm³/mol. The molecule has 1 aliphatic heterocycles. The van der Waals surface area contributed by atoms with Crippen LogP contribution >= 0.6 is 0 Å². The third-order valence-corrected chi connectivity index (χ3v) is 10.2. The summed E-state index contributed by atoms with van der Waals surface area (Å²) in [5.41, 5.74) is 3.32. The van der Waals surface area contributed by atoms with Crippen molar-refractivity contribution in [3.63, 3.8) is 0 Å². The van der Waals surface area contributed by atoms with Crippen molar-refractivity contribution in [2.75, 3.05) is 13.2 Å². The molecular weight excluding hydrogens is 316 g/mol.